The highest BCUT2D eigenvalue weighted by Crippen LogP contribution is 2.26. The number of rotatable bonds is 3. The molecular weight excluding hydrogens is 226 g/mol. The average Bonchev–Trinajstić information content (AvgIpc) is 2.27. The number of aryl methyl sites for hydroxylation is 1. The predicted octanol–water partition coefficient (Wildman–Crippen LogP) is 3.29. The molecule has 94 valence electrons. The van der Waals surface area contributed by atoms with E-state index in [9.17, 15) is 4.79 Å². The Morgan fingerprint density at radius 2 is 2.11 bits per heavy atom. The average molecular weight is 243 g/mol. The van der Waals surface area contributed by atoms with Gasteiger partial charge in [-0.2, -0.15) is 0 Å². The van der Waals surface area contributed by atoms with Gasteiger partial charge in [-0.3, -0.25) is 9.78 Å². The minimum Gasteiger partial charge on any atom is -0.481 e. The summed E-state index contributed by atoms with van der Waals surface area (Å²) >= 11 is 0. The summed E-state index contributed by atoms with van der Waals surface area (Å²) in [4.78, 5) is 15.3. The van der Waals surface area contributed by atoms with Gasteiger partial charge in [0.25, 0.3) is 0 Å². The fraction of sp³-hybridized carbons (Fsp3) is 0.333. The number of carboxylic acid groups (broad SMARTS) is 1. The molecule has 0 saturated carbocycles. The van der Waals surface area contributed by atoms with Crippen molar-refractivity contribution in [3.63, 3.8) is 0 Å². The van der Waals surface area contributed by atoms with Crippen molar-refractivity contribution in [3.8, 4) is 0 Å². The van der Waals surface area contributed by atoms with Gasteiger partial charge in [-0.25, -0.2) is 0 Å². The summed E-state index contributed by atoms with van der Waals surface area (Å²) in [6, 6.07) is 7.99. The maximum Gasteiger partial charge on any atom is 0.309 e. The fourth-order valence-electron chi connectivity index (χ4n) is 2.22. The Balaban J connectivity index is 2.68. The molecule has 0 radical (unpaired) electrons. The summed E-state index contributed by atoms with van der Waals surface area (Å²) in [5.74, 6) is -0.469. The molecule has 0 spiro atoms. The summed E-state index contributed by atoms with van der Waals surface area (Å²) < 4.78 is 0. The highest BCUT2D eigenvalue weighted by Gasteiger charge is 2.11. The van der Waals surface area contributed by atoms with Crippen LogP contribution in [0.15, 0.2) is 24.3 Å². The van der Waals surface area contributed by atoms with Crippen LogP contribution in [0.25, 0.3) is 10.9 Å². The van der Waals surface area contributed by atoms with Crippen LogP contribution < -0.4 is 0 Å². The SMILES string of the molecule is Cc1cc(CC(=O)O)nc2c(C(C)C)cccc12. The van der Waals surface area contributed by atoms with Crippen LogP contribution in [-0.4, -0.2) is 16.1 Å². The van der Waals surface area contributed by atoms with Gasteiger partial charge in [-0.1, -0.05) is 32.0 Å². The molecule has 18 heavy (non-hydrogen) atoms. The van der Waals surface area contributed by atoms with Crippen molar-refractivity contribution in [2.75, 3.05) is 0 Å². The largest absolute Gasteiger partial charge is 0.481 e. The minimum atomic E-state index is -0.844. The van der Waals surface area contributed by atoms with Crippen LogP contribution in [0.1, 0.15) is 36.6 Å². The summed E-state index contributed by atoms with van der Waals surface area (Å²) in [6.07, 6.45) is -0.0246. The van der Waals surface area contributed by atoms with Crippen LogP contribution >= 0.6 is 0 Å². The lowest BCUT2D eigenvalue weighted by molar-refractivity contribution is -0.136. The van der Waals surface area contributed by atoms with E-state index in [1.807, 2.05) is 25.1 Å². The Morgan fingerprint density at radius 3 is 2.72 bits per heavy atom. The summed E-state index contributed by atoms with van der Waals surface area (Å²) in [7, 11) is 0. The molecule has 1 aromatic carbocycles. The molecule has 0 atom stereocenters. The lowest BCUT2D eigenvalue weighted by Crippen LogP contribution is -2.04. The number of aliphatic carboxylic acids is 1. The normalized spacial score (nSPS) is 11.1. The second-order valence-corrected chi connectivity index (χ2v) is 4.90. The number of nitrogens with zero attached hydrogens (tertiary/aromatic N) is 1. The third-order valence-electron chi connectivity index (χ3n) is 3.08. The second kappa shape index (κ2) is 4.77. The third kappa shape index (κ3) is 2.35. The van der Waals surface area contributed by atoms with Crippen molar-refractivity contribution in [3.05, 3.63) is 41.1 Å². The number of para-hydroxylation sites is 1. The first-order valence-electron chi connectivity index (χ1n) is 6.10. The number of benzene rings is 1. The van der Waals surface area contributed by atoms with E-state index in [-0.39, 0.29) is 6.42 Å². The molecule has 3 nitrogen and oxygen atoms in total. The maximum absolute atomic E-state index is 10.8. The topological polar surface area (TPSA) is 50.2 Å². The van der Waals surface area contributed by atoms with Gasteiger partial charge in [0.15, 0.2) is 0 Å². The number of pyridine rings is 1. The van der Waals surface area contributed by atoms with Gasteiger partial charge in [0.2, 0.25) is 0 Å². The number of hydrogen-bond acceptors (Lipinski definition) is 2. The van der Waals surface area contributed by atoms with Crippen molar-refractivity contribution in [2.45, 2.75) is 33.1 Å². The Labute approximate surface area is 106 Å². The van der Waals surface area contributed by atoms with Crippen LogP contribution in [0, 0.1) is 6.92 Å². The van der Waals surface area contributed by atoms with E-state index in [0.717, 1.165) is 16.5 Å². The van der Waals surface area contributed by atoms with Crippen LogP contribution in [-0.2, 0) is 11.2 Å². The zero-order valence-corrected chi connectivity index (χ0v) is 10.9. The Bertz CT molecular complexity index is 603. The molecule has 1 N–H and O–H groups in total. The standard InChI is InChI=1S/C15H17NO2/c1-9(2)12-5-4-6-13-10(3)7-11(8-14(17)18)16-15(12)13/h4-7,9H,8H2,1-3H3,(H,17,18). The molecule has 0 aliphatic heterocycles. The molecule has 0 aliphatic rings. The van der Waals surface area contributed by atoms with Gasteiger partial charge in [-0.05, 0) is 30.0 Å². The lowest BCUT2D eigenvalue weighted by Gasteiger charge is -2.12. The molecular formula is C15H17NO2. The smallest absolute Gasteiger partial charge is 0.309 e. The van der Waals surface area contributed by atoms with E-state index in [1.54, 1.807) is 0 Å². The van der Waals surface area contributed by atoms with Crippen molar-refractivity contribution in [1.82, 2.24) is 4.98 Å². The van der Waals surface area contributed by atoms with Gasteiger partial charge < -0.3 is 5.11 Å². The van der Waals surface area contributed by atoms with E-state index in [2.05, 4.69) is 24.9 Å². The van der Waals surface area contributed by atoms with Gasteiger partial charge >= 0.3 is 5.97 Å². The molecule has 2 rings (SSSR count). The van der Waals surface area contributed by atoms with E-state index >= 15 is 0 Å². The zero-order valence-electron chi connectivity index (χ0n) is 10.9. The number of carbonyl (C=O) groups is 1. The molecule has 1 aromatic heterocycles. The van der Waals surface area contributed by atoms with E-state index in [0.29, 0.717) is 11.6 Å². The number of carboxylic acids is 1. The second-order valence-electron chi connectivity index (χ2n) is 4.90. The monoisotopic (exact) mass is 243 g/mol. The van der Waals surface area contributed by atoms with Crippen molar-refractivity contribution < 1.29 is 9.90 Å². The van der Waals surface area contributed by atoms with Crippen molar-refractivity contribution in [2.24, 2.45) is 0 Å². The zero-order chi connectivity index (χ0) is 13.3. The lowest BCUT2D eigenvalue weighted by atomic mass is 9.97. The van der Waals surface area contributed by atoms with Crippen LogP contribution in [0.4, 0.5) is 0 Å². The number of fused-ring (bicyclic) bond motifs is 1. The van der Waals surface area contributed by atoms with Gasteiger partial charge in [-0.15, -0.1) is 0 Å². The molecule has 0 saturated heterocycles. The summed E-state index contributed by atoms with van der Waals surface area (Å²) in [5, 5.41) is 9.98. The molecule has 0 fully saturated rings. The maximum atomic E-state index is 10.8. The highest BCUT2D eigenvalue weighted by molar-refractivity contribution is 5.86. The quantitative estimate of drug-likeness (QED) is 0.899. The first kappa shape index (κ1) is 12.6. The van der Waals surface area contributed by atoms with Crippen molar-refractivity contribution >= 4 is 16.9 Å². The third-order valence-corrected chi connectivity index (χ3v) is 3.08. The fourth-order valence-corrected chi connectivity index (χ4v) is 2.22. The summed E-state index contributed by atoms with van der Waals surface area (Å²) in [5.41, 5.74) is 3.81. The molecule has 0 bridgehead atoms. The molecule has 3 heteroatoms. The summed E-state index contributed by atoms with van der Waals surface area (Å²) in [6.45, 7) is 6.24. The van der Waals surface area contributed by atoms with Crippen LogP contribution in [0.2, 0.25) is 0 Å². The first-order chi connectivity index (χ1) is 8.49. The predicted molar refractivity (Wildman–Crippen MR) is 71.9 cm³/mol. The highest BCUT2D eigenvalue weighted by atomic mass is 16.4. The minimum absolute atomic E-state index is 0.0246. The molecule has 0 amide bonds. The van der Waals surface area contributed by atoms with E-state index in [4.69, 9.17) is 5.11 Å². The Morgan fingerprint density at radius 1 is 1.39 bits per heavy atom. The Hall–Kier alpha value is -1.90. The van der Waals surface area contributed by atoms with Gasteiger partial charge in [0.05, 0.1) is 17.6 Å². The van der Waals surface area contributed by atoms with Crippen LogP contribution in [0.3, 0.4) is 0 Å². The number of aromatic nitrogens is 1. The van der Waals surface area contributed by atoms with Gasteiger partial charge in [0, 0.05) is 5.39 Å². The van der Waals surface area contributed by atoms with E-state index in [1.165, 1.54) is 5.56 Å². The first-order valence-corrected chi connectivity index (χ1v) is 6.10. The number of hydrogen-bond donors (Lipinski definition) is 1. The molecule has 0 aliphatic carbocycles. The molecule has 1 heterocycles. The van der Waals surface area contributed by atoms with Crippen molar-refractivity contribution in [1.29, 1.82) is 0 Å². The molecule has 2 aromatic rings. The van der Waals surface area contributed by atoms with Gasteiger partial charge in [0.1, 0.15) is 0 Å². The van der Waals surface area contributed by atoms with E-state index < -0.39 is 5.97 Å². The Kier molecular flexibility index (Phi) is 3.32. The van der Waals surface area contributed by atoms with Crippen LogP contribution in [0.5, 0.6) is 0 Å². The molecule has 0 unspecified atom stereocenters.